The van der Waals surface area contributed by atoms with E-state index in [9.17, 15) is 4.79 Å². The fourth-order valence-electron chi connectivity index (χ4n) is 2.25. The average molecular weight is 329 g/mol. The Morgan fingerprint density at radius 2 is 2.17 bits per heavy atom. The summed E-state index contributed by atoms with van der Waals surface area (Å²) < 4.78 is 12.2. The SMILES string of the molecule is CC1CSCc2c(Br)cc3c(c2C1=O)OCCO3. The predicted molar refractivity (Wildman–Crippen MR) is 74.8 cm³/mol. The quantitative estimate of drug-likeness (QED) is 0.732. The minimum atomic E-state index is 0.0279. The van der Waals surface area contributed by atoms with Crippen LogP contribution >= 0.6 is 27.7 Å². The van der Waals surface area contributed by atoms with Crippen LogP contribution in [0.15, 0.2) is 10.5 Å². The number of hydrogen-bond donors (Lipinski definition) is 0. The van der Waals surface area contributed by atoms with Gasteiger partial charge in [-0.05, 0) is 11.6 Å². The Bertz CT molecular complexity index is 515. The topological polar surface area (TPSA) is 35.5 Å². The van der Waals surface area contributed by atoms with E-state index in [1.54, 1.807) is 11.8 Å². The lowest BCUT2D eigenvalue weighted by Gasteiger charge is -2.23. The van der Waals surface area contributed by atoms with Crippen LogP contribution in [0.1, 0.15) is 22.8 Å². The third-order valence-corrected chi connectivity index (χ3v) is 5.13. The van der Waals surface area contributed by atoms with E-state index in [4.69, 9.17) is 9.47 Å². The van der Waals surface area contributed by atoms with Crippen molar-refractivity contribution < 1.29 is 14.3 Å². The fraction of sp³-hybridized carbons (Fsp3) is 0.462. The van der Waals surface area contributed by atoms with E-state index >= 15 is 0 Å². The van der Waals surface area contributed by atoms with Gasteiger partial charge in [0.1, 0.15) is 13.2 Å². The molecule has 0 N–H and O–H groups in total. The number of rotatable bonds is 0. The van der Waals surface area contributed by atoms with Crippen LogP contribution in [0.3, 0.4) is 0 Å². The second kappa shape index (κ2) is 4.78. The molecule has 18 heavy (non-hydrogen) atoms. The van der Waals surface area contributed by atoms with Gasteiger partial charge in [0, 0.05) is 21.9 Å². The number of Topliss-reactive ketones (excluding diaryl/α,β-unsaturated/α-hetero) is 1. The molecule has 96 valence electrons. The molecule has 5 heteroatoms. The van der Waals surface area contributed by atoms with Crippen LogP contribution in [0.2, 0.25) is 0 Å². The normalized spacial score (nSPS) is 22.3. The second-order valence-corrected chi connectivity index (χ2v) is 6.40. The van der Waals surface area contributed by atoms with Crippen LogP contribution in [-0.4, -0.2) is 24.7 Å². The van der Waals surface area contributed by atoms with E-state index in [2.05, 4.69) is 15.9 Å². The van der Waals surface area contributed by atoms with Crippen molar-refractivity contribution in [1.29, 1.82) is 0 Å². The summed E-state index contributed by atoms with van der Waals surface area (Å²) in [5, 5.41) is 0. The Morgan fingerprint density at radius 3 is 3.00 bits per heavy atom. The van der Waals surface area contributed by atoms with E-state index in [1.807, 2.05) is 13.0 Å². The summed E-state index contributed by atoms with van der Waals surface area (Å²) in [7, 11) is 0. The number of ether oxygens (including phenoxy) is 2. The number of halogens is 1. The molecule has 2 aliphatic rings. The molecule has 1 atom stereocenters. The smallest absolute Gasteiger partial charge is 0.172 e. The molecule has 0 amide bonds. The van der Waals surface area contributed by atoms with Crippen molar-refractivity contribution >= 4 is 33.5 Å². The molecule has 2 aliphatic heterocycles. The molecule has 0 radical (unpaired) electrons. The van der Waals surface area contributed by atoms with Gasteiger partial charge in [-0.2, -0.15) is 11.8 Å². The number of carbonyl (C=O) groups is 1. The first-order valence-corrected chi connectivity index (χ1v) is 7.86. The summed E-state index contributed by atoms with van der Waals surface area (Å²) in [6, 6.07) is 1.91. The minimum absolute atomic E-state index is 0.0279. The van der Waals surface area contributed by atoms with Gasteiger partial charge < -0.3 is 9.47 Å². The molecule has 1 unspecified atom stereocenters. The van der Waals surface area contributed by atoms with Crippen molar-refractivity contribution in [3.8, 4) is 11.5 Å². The maximum atomic E-state index is 12.5. The average Bonchev–Trinajstić information content (AvgIpc) is 2.51. The number of fused-ring (bicyclic) bond motifs is 3. The third-order valence-electron chi connectivity index (χ3n) is 3.19. The molecular weight excluding hydrogens is 316 g/mol. The van der Waals surface area contributed by atoms with Gasteiger partial charge in [-0.1, -0.05) is 22.9 Å². The van der Waals surface area contributed by atoms with Crippen molar-refractivity contribution in [3.63, 3.8) is 0 Å². The van der Waals surface area contributed by atoms with E-state index in [-0.39, 0.29) is 11.7 Å². The summed E-state index contributed by atoms with van der Waals surface area (Å²) in [6.07, 6.45) is 0. The Labute approximate surface area is 118 Å². The van der Waals surface area contributed by atoms with Crippen molar-refractivity contribution in [2.45, 2.75) is 12.7 Å². The largest absolute Gasteiger partial charge is 0.486 e. The van der Waals surface area contributed by atoms with Gasteiger partial charge in [0.05, 0.1) is 5.56 Å². The fourth-order valence-corrected chi connectivity index (χ4v) is 4.11. The molecule has 0 aliphatic carbocycles. The number of thioether (sulfide) groups is 1. The third kappa shape index (κ3) is 1.93. The van der Waals surface area contributed by atoms with Crippen molar-refractivity contribution in [2.24, 2.45) is 5.92 Å². The number of ketones is 1. The van der Waals surface area contributed by atoms with Gasteiger partial charge in [0.15, 0.2) is 17.3 Å². The summed E-state index contributed by atoms with van der Waals surface area (Å²) >= 11 is 5.33. The lowest BCUT2D eigenvalue weighted by atomic mass is 9.95. The minimum Gasteiger partial charge on any atom is -0.486 e. The van der Waals surface area contributed by atoms with Gasteiger partial charge in [0.25, 0.3) is 0 Å². The van der Waals surface area contributed by atoms with Crippen LogP contribution in [-0.2, 0) is 5.75 Å². The highest BCUT2D eigenvalue weighted by molar-refractivity contribution is 9.10. The zero-order valence-corrected chi connectivity index (χ0v) is 12.4. The molecule has 1 aromatic rings. The molecule has 0 saturated heterocycles. The number of carbonyl (C=O) groups excluding carboxylic acids is 1. The molecule has 0 bridgehead atoms. The van der Waals surface area contributed by atoms with Gasteiger partial charge in [0.2, 0.25) is 0 Å². The van der Waals surface area contributed by atoms with Crippen LogP contribution in [0.4, 0.5) is 0 Å². The van der Waals surface area contributed by atoms with E-state index in [1.165, 1.54) is 0 Å². The van der Waals surface area contributed by atoms with Gasteiger partial charge in [-0.15, -0.1) is 0 Å². The highest BCUT2D eigenvalue weighted by Gasteiger charge is 2.31. The Morgan fingerprint density at radius 1 is 1.39 bits per heavy atom. The highest BCUT2D eigenvalue weighted by atomic mass is 79.9. The molecule has 0 aromatic heterocycles. The van der Waals surface area contributed by atoms with Crippen LogP contribution in [0, 0.1) is 5.92 Å². The summed E-state index contributed by atoms with van der Waals surface area (Å²) in [4.78, 5) is 12.5. The number of benzene rings is 1. The van der Waals surface area contributed by atoms with Crippen LogP contribution in [0.25, 0.3) is 0 Å². The molecule has 0 fully saturated rings. The maximum Gasteiger partial charge on any atom is 0.172 e. The van der Waals surface area contributed by atoms with Crippen molar-refractivity contribution in [2.75, 3.05) is 19.0 Å². The van der Waals surface area contributed by atoms with Crippen molar-refractivity contribution in [1.82, 2.24) is 0 Å². The van der Waals surface area contributed by atoms with Crippen LogP contribution in [0.5, 0.6) is 11.5 Å². The van der Waals surface area contributed by atoms with Crippen molar-refractivity contribution in [3.05, 3.63) is 21.7 Å². The molecule has 0 saturated carbocycles. The van der Waals surface area contributed by atoms with E-state index < -0.39 is 0 Å². The molecule has 3 rings (SSSR count). The monoisotopic (exact) mass is 328 g/mol. The lowest BCUT2D eigenvalue weighted by Crippen LogP contribution is -2.21. The molecule has 2 heterocycles. The van der Waals surface area contributed by atoms with Gasteiger partial charge in [-0.25, -0.2) is 0 Å². The Kier molecular flexibility index (Phi) is 3.28. The Hall–Kier alpha value is -0.680. The number of hydrogen-bond acceptors (Lipinski definition) is 4. The predicted octanol–water partition coefficient (Wildman–Crippen LogP) is 3.29. The molecule has 1 aromatic carbocycles. The van der Waals surface area contributed by atoms with Gasteiger partial charge in [-0.3, -0.25) is 4.79 Å². The summed E-state index contributed by atoms with van der Waals surface area (Å²) in [5.41, 5.74) is 1.76. The highest BCUT2D eigenvalue weighted by Crippen LogP contribution is 2.44. The summed E-state index contributed by atoms with van der Waals surface area (Å²) in [6.45, 7) is 3.02. The maximum absolute atomic E-state index is 12.5. The summed E-state index contributed by atoms with van der Waals surface area (Å²) in [5.74, 6) is 3.20. The Balaban J connectivity index is 2.23. The van der Waals surface area contributed by atoms with Crippen LogP contribution < -0.4 is 9.47 Å². The molecule has 0 spiro atoms. The zero-order valence-electron chi connectivity index (χ0n) is 9.99. The second-order valence-electron chi connectivity index (χ2n) is 4.52. The standard InChI is InChI=1S/C13H13BrO3S/c1-7-5-18-6-8-9(14)4-10-13(11(8)12(7)15)17-3-2-16-10/h4,7H,2-3,5-6H2,1H3. The van der Waals surface area contributed by atoms with E-state index in [0.29, 0.717) is 24.7 Å². The molecule has 3 nitrogen and oxygen atoms in total. The first-order valence-electron chi connectivity index (χ1n) is 5.91. The van der Waals surface area contributed by atoms with Gasteiger partial charge >= 0.3 is 0 Å². The molecular formula is C13H13BrO3S. The van der Waals surface area contributed by atoms with E-state index in [0.717, 1.165) is 27.1 Å². The zero-order chi connectivity index (χ0) is 12.7. The first-order chi connectivity index (χ1) is 8.68. The lowest BCUT2D eigenvalue weighted by molar-refractivity contribution is 0.0931. The first kappa shape index (κ1) is 12.4.